The Morgan fingerprint density at radius 1 is 1.12 bits per heavy atom. The van der Waals surface area contributed by atoms with Crippen LogP contribution in [0.15, 0.2) is 30.3 Å². The van der Waals surface area contributed by atoms with Crippen molar-refractivity contribution in [2.75, 3.05) is 6.54 Å². The van der Waals surface area contributed by atoms with Gasteiger partial charge in [0.25, 0.3) is 0 Å². The third kappa shape index (κ3) is 6.35. The molecule has 0 aromatic heterocycles. The van der Waals surface area contributed by atoms with Crippen molar-refractivity contribution in [1.82, 2.24) is 5.32 Å². The minimum Gasteiger partial charge on any atom is -0.550 e. The largest absolute Gasteiger partial charge is 0.550 e. The number of benzene rings is 1. The Hall–Kier alpha value is -1.84. The maximum absolute atomic E-state index is 11.2. The lowest BCUT2D eigenvalue weighted by Gasteiger charge is -2.05. The van der Waals surface area contributed by atoms with E-state index in [1.807, 2.05) is 30.3 Å². The maximum atomic E-state index is 11.2. The molecule has 0 saturated carbocycles. The molecule has 0 unspecified atom stereocenters. The van der Waals surface area contributed by atoms with Crippen molar-refractivity contribution in [2.45, 2.75) is 25.7 Å². The molecule has 0 aliphatic carbocycles. The van der Waals surface area contributed by atoms with E-state index in [1.54, 1.807) is 0 Å². The third-order valence-corrected chi connectivity index (χ3v) is 2.36. The van der Waals surface area contributed by atoms with Crippen LogP contribution >= 0.6 is 0 Å². The number of carboxylic acids is 1. The Morgan fingerprint density at radius 3 is 2.47 bits per heavy atom. The molecule has 17 heavy (non-hydrogen) atoms. The van der Waals surface area contributed by atoms with Crippen molar-refractivity contribution >= 4 is 11.9 Å². The monoisotopic (exact) mass is 234 g/mol. The molecule has 0 heterocycles. The zero-order chi connectivity index (χ0) is 12.5. The van der Waals surface area contributed by atoms with Gasteiger partial charge in [0.05, 0.1) is 0 Å². The lowest BCUT2D eigenvalue weighted by atomic mass is 10.1. The average Bonchev–Trinajstić information content (AvgIpc) is 2.33. The van der Waals surface area contributed by atoms with Gasteiger partial charge in [0, 0.05) is 18.9 Å². The number of aliphatic carboxylic acids is 1. The van der Waals surface area contributed by atoms with Gasteiger partial charge in [-0.3, -0.25) is 4.79 Å². The second-order valence-electron chi connectivity index (χ2n) is 3.81. The first-order valence-corrected chi connectivity index (χ1v) is 5.69. The van der Waals surface area contributed by atoms with E-state index in [4.69, 9.17) is 0 Å². The predicted molar refractivity (Wildman–Crippen MR) is 62.0 cm³/mol. The first-order chi connectivity index (χ1) is 8.18. The van der Waals surface area contributed by atoms with Gasteiger partial charge in [0.1, 0.15) is 0 Å². The molecule has 0 aliphatic heterocycles. The smallest absolute Gasteiger partial charge is 0.220 e. The Kier molecular flexibility index (Phi) is 5.79. The normalized spacial score (nSPS) is 9.88. The molecule has 4 heteroatoms. The lowest BCUT2D eigenvalue weighted by Crippen LogP contribution is -2.28. The molecule has 92 valence electrons. The summed E-state index contributed by atoms with van der Waals surface area (Å²) in [4.78, 5) is 21.3. The van der Waals surface area contributed by atoms with Crippen LogP contribution < -0.4 is 10.4 Å². The number of hydrogen-bond donors (Lipinski definition) is 1. The second-order valence-corrected chi connectivity index (χ2v) is 3.81. The third-order valence-electron chi connectivity index (χ3n) is 2.36. The minimum absolute atomic E-state index is 0.00628. The fourth-order valence-electron chi connectivity index (χ4n) is 1.47. The highest BCUT2D eigenvalue weighted by atomic mass is 16.4. The van der Waals surface area contributed by atoms with E-state index in [0.29, 0.717) is 6.54 Å². The Morgan fingerprint density at radius 2 is 1.82 bits per heavy atom. The summed E-state index contributed by atoms with van der Waals surface area (Å²) < 4.78 is 0. The summed E-state index contributed by atoms with van der Waals surface area (Å²) in [7, 11) is 0. The van der Waals surface area contributed by atoms with Crippen molar-refractivity contribution in [1.29, 1.82) is 0 Å². The molecule has 1 N–H and O–H groups in total. The van der Waals surface area contributed by atoms with Gasteiger partial charge in [-0.1, -0.05) is 30.3 Å². The summed E-state index contributed by atoms with van der Waals surface area (Å²) in [6.07, 6.45) is 1.53. The van der Waals surface area contributed by atoms with E-state index in [-0.39, 0.29) is 18.7 Å². The predicted octanol–water partition coefficient (Wildman–Crippen LogP) is 0.265. The minimum atomic E-state index is -1.19. The fourth-order valence-corrected chi connectivity index (χ4v) is 1.47. The highest BCUT2D eigenvalue weighted by Gasteiger charge is 2.00. The number of carboxylic acid groups (broad SMARTS) is 1. The van der Waals surface area contributed by atoms with Crippen molar-refractivity contribution in [2.24, 2.45) is 0 Å². The average molecular weight is 234 g/mol. The van der Waals surface area contributed by atoms with Crippen LogP contribution in [-0.4, -0.2) is 18.4 Å². The zero-order valence-electron chi connectivity index (χ0n) is 9.65. The quantitative estimate of drug-likeness (QED) is 0.688. The summed E-state index contributed by atoms with van der Waals surface area (Å²) in [5.41, 5.74) is 1.23. The molecule has 1 aromatic carbocycles. The van der Waals surface area contributed by atoms with Gasteiger partial charge < -0.3 is 15.2 Å². The molecule has 0 fully saturated rings. The summed E-state index contributed by atoms with van der Waals surface area (Å²) in [5.74, 6) is -1.42. The topological polar surface area (TPSA) is 69.2 Å². The molecule has 1 amide bonds. The Balaban J connectivity index is 2.08. The van der Waals surface area contributed by atoms with Crippen LogP contribution in [0, 0.1) is 0 Å². The van der Waals surface area contributed by atoms with E-state index < -0.39 is 5.97 Å². The fraction of sp³-hybridized carbons (Fsp3) is 0.385. The molecule has 0 saturated heterocycles. The van der Waals surface area contributed by atoms with Crippen molar-refractivity contribution in [3.05, 3.63) is 35.9 Å². The van der Waals surface area contributed by atoms with Crippen LogP contribution in [0.1, 0.15) is 24.8 Å². The van der Waals surface area contributed by atoms with Gasteiger partial charge in [-0.2, -0.15) is 0 Å². The molecule has 0 atom stereocenters. The SMILES string of the molecule is O=C([O-])CCC(=O)NCCCc1ccccc1. The highest BCUT2D eigenvalue weighted by molar-refractivity contribution is 5.79. The molecule has 0 aliphatic rings. The van der Waals surface area contributed by atoms with Crippen LogP contribution in [0.25, 0.3) is 0 Å². The summed E-state index contributed by atoms with van der Waals surface area (Å²) in [6, 6.07) is 10.0. The van der Waals surface area contributed by atoms with Crippen molar-refractivity contribution < 1.29 is 14.7 Å². The standard InChI is InChI=1S/C13H17NO3/c15-12(8-9-13(16)17)14-10-4-7-11-5-2-1-3-6-11/h1-3,5-6H,4,7-10H2,(H,14,15)(H,16,17)/p-1. The van der Waals surface area contributed by atoms with Gasteiger partial charge in [0.2, 0.25) is 5.91 Å². The summed E-state index contributed by atoms with van der Waals surface area (Å²) in [6.45, 7) is 0.570. The van der Waals surface area contributed by atoms with Crippen molar-refractivity contribution in [3.63, 3.8) is 0 Å². The van der Waals surface area contributed by atoms with Crippen molar-refractivity contribution in [3.8, 4) is 0 Å². The van der Waals surface area contributed by atoms with E-state index in [1.165, 1.54) is 5.56 Å². The van der Waals surface area contributed by atoms with Crippen LogP contribution in [0.5, 0.6) is 0 Å². The molecular formula is C13H16NO3-. The molecule has 1 rings (SSSR count). The molecule has 4 nitrogen and oxygen atoms in total. The van der Waals surface area contributed by atoms with E-state index in [9.17, 15) is 14.7 Å². The number of amides is 1. The lowest BCUT2D eigenvalue weighted by molar-refractivity contribution is -0.305. The Labute approximate surface area is 101 Å². The maximum Gasteiger partial charge on any atom is 0.220 e. The van der Waals surface area contributed by atoms with Gasteiger partial charge in [-0.05, 0) is 24.8 Å². The molecule has 1 aromatic rings. The number of nitrogens with one attached hydrogen (secondary N) is 1. The van der Waals surface area contributed by atoms with Crippen LogP contribution in [0.3, 0.4) is 0 Å². The summed E-state index contributed by atoms with van der Waals surface area (Å²) >= 11 is 0. The van der Waals surface area contributed by atoms with Gasteiger partial charge >= 0.3 is 0 Å². The molecular weight excluding hydrogens is 218 g/mol. The number of aryl methyl sites for hydroxylation is 1. The highest BCUT2D eigenvalue weighted by Crippen LogP contribution is 2.01. The molecule has 0 bridgehead atoms. The number of carbonyl (C=O) groups is 2. The number of carbonyl (C=O) groups excluding carboxylic acids is 2. The summed E-state index contributed by atoms with van der Waals surface area (Å²) in [5, 5.41) is 12.8. The molecule has 0 spiro atoms. The second kappa shape index (κ2) is 7.44. The van der Waals surface area contributed by atoms with Gasteiger partial charge in [0.15, 0.2) is 0 Å². The van der Waals surface area contributed by atoms with Gasteiger partial charge in [-0.25, -0.2) is 0 Å². The first-order valence-electron chi connectivity index (χ1n) is 5.69. The van der Waals surface area contributed by atoms with Crippen LogP contribution in [0.4, 0.5) is 0 Å². The van der Waals surface area contributed by atoms with E-state index in [2.05, 4.69) is 5.32 Å². The van der Waals surface area contributed by atoms with E-state index in [0.717, 1.165) is 12.8 Å². The van der Waals surface area contributed by atoms with E-state index >= 15 is 0 Å². The zero-order valence-corrected chi connectivity index (χ0v) is 9.65. The Bertz CT molecular complexity index is 362. The van der Waals surface area contributed by atoms with Crippen LogP contribution in [0.2, 0.25) is 0 Å². The first kappa shape index (κ1) is 13.2. The number of rotatable bonds is 7. The van der Waals surface area contributed by atoms with Gasteiger partial charge in [-0.15, -0.1) is 0 Å². The molecule has 0 radical (unpaired) electrons. The number of hydrogen-bond acceptors (Lipinski definition) is 3. The van der Waals surface area contributed by atoms with Crippen LogP contribution in [-0.2, 0) is 16.0 Å².